The second-order valence-electron chi connectivity index (χ2n) is 5.82. The first-order valence-corrected chi connectivity index (χ1v) is 9.36. The number of hydrogen-bond donors (Lipinski definition) is 1. The molecule has 3 rings (SSSR count). The molecule has 0 aromatic heterocycles. The second-order valence-corrected chi connectivity index (χ2v) is 7.43. The van der Waals surface area contributed by atoms with Crippen molar-refractivity contribution in [1.82, 2.24) is 4.31 Å². The Morgan fingerprint density at radius 2 is 1.85 bits per heavy atom. The molecule has 1 N–H and O–H groups in total. The van der Waals surface area contributed by atoms with Gasteiger partial charge in [0.05, 0.1) is 5.69 Å². The smallest absolute Gasteiger partial charge is 0.247 e. The van der Waals surface area contributed by atoms with Crippen molar-refractivity contribution in [2.24, 2.45) is 0 Å². The lowest BCUT2D eigenvalue weighted by Gasteiger charge is -2.35. The van der Waals surface area contributed by atoms with Crippen LogP contribution in [0.2, 0.25) is 5.02 Å². The van der Waals surface area contributed by atoms with Crippen molar-refractivity contribution in [3.05, 3.63) is 66.0 Å². The highest BCUT2D eigenvalue weighted by molar-refractivity contribution is 7.97. The van der Waals surface area contributed by atoms with Crippen LogP contribution in [0.5, 0.6) is 0 Å². The molecule has 2 aromatic carbocycles. The molecule has 1 aliphatic heterocycles. The van der Waals surface area contributed by atoms with E-state index in [4.69, 9.17) is 11.6 Å². The zero-order valence-electron chi connectivity index (χ0n) is 14.1. The standard InChI is InChI=1S/C19H19ClFN3OS/c1-2-19(25)22-15-4-6-16(7-5-15)26-24-11-9-23(10-12-24)18-8-3-14(20)13-17(18)21/h2-8,13H,1,9-12H2,(H,22,25). The second kappa shape index (κ2) is 8.58. The fourth-order valence-electron chi connectivity index (χ4n) is 2.70. The van der Waals surface area contributed by atoms with Crippen molar-refractivity contribution in [3.63, 3.8) is 0 Å². The van der Waals surface area contributed by atoms with Gasteiger partial charge in [-0.15, -0.1) is 0 Å². The zero-order chi connectivity index (χ0) is 18.5. The van der Waals surface area contributed by atoms with E-state index in [1.807, 2.05) is 29.2 Å². The SMILES string of the molecule is C=CC(=O)Nc1ccc(SN2CCN(c3ccc(Cl)cc3F)CC2)cc1. The molecule has 1 aliphatic rings. The summed E-state index contributed by atoms with van der Waals surface area (Å²) in [4.78, 5) is 14.4. The van der Waals surface area contributed by atoms with E-state index >= 15 is 0 Å². The Morgan fingerprint density at radius 1 is 1.15 bits per heavy atom. The predicted molar refractivity (Wildman–Crippen MR) is 106 cm³/mol. The van der Waals surface area contributed by atoms with Crippen molar-refractivity contribution in [2.75, 3.05) is 36.4 Å². The number of piperazine rings is 1. The van der Waals surface area contributed by atoms with Crippen LogP contribution in [0.25, 0.3) is 0 Å². The predicted octanol–water partition coefficient (Wildman–Crippen LogP) is 4.43. The first kappa shape index (κ1) is 18.8. The van der Waals surface area contributed by atoms with E-state index in [1.165, 1.54) is 12.1 Å². The van der Waals surface area contributed by atoms with Crippen LogP contribution >= 0.6 is 23.5 Å². The van der Waals surface area contributed by atoms with Gasteiger partial charge in [0, 0.05) is 41.8 Å². The molecule has 1 amide bonds. The maximum absolute atomic E-state index is 14.1. The highest BCUT2D eigenvalue weighted by atomic mass is 35.5. The molecule has 0 unspecified atom stereocenters. The van der Waals surface area contributed by atoms with Crippen molar-refractivity contribution in [1.29, 1.82) is 0 Å². The monoisotopic (exact) mass is 391 g/mol. The van der Waals surface area contributed by atoms with Gasteiger partial charge >= 0.3 is 0 Å². The Kier molecular flexibility index (Phi) is 6.19. The van der Waals surface area contributed by atoms with Gasteiger partial charge in [-0.05, 0) is 60.5 Å². The van der Waals surface area contributed by atoms with Crippen molar-refractivity contribution >= 4 is 40.8 Å². The lowest BCUT2D eigenvalue weighted by Crippen LogP contribution is -2.43. The summed E-state index contributed by atoms with van der Waals surface area (Å²) in [6, 6.07) is 12.5. The van der Waals surface area contributed by atoms with Crippen LogP contribution in [-0.2, 0) is 4.79 Å². The fraction of sp³-hybridized carbons (Fsp3) is 0.211. The fourth-order valence-corrected chi connectivity index (χ4v) is 3.76. The third-order valence-corrected chi connectivity index (χ3v) is 5.37. The minimum atomic E-state index is -0.282. The average Bonchev–Trinajstić information content (AvgIpc) is 2.64. The summed E-state index contributed by atoms with van der Waals surface area (Å²) in [6.45, 7) is 6.57. The highest BCUT2D eigenvalue weighted by Crippen LogP contribution is 2.28. The van der Waals surface area contributed by atoms with Crippen molar-refractivity contribution in [2.45, 2.75) is 4.90 Å². The largest absolute Gasteiger partial charge is 0.367 e. The summed E-state index contributed by atoms with van der Waals surface area (Å²) in [7, 11) is 0. The molecular formula is C19H19ClFN3OS. The van der Waals surface area contributed by atoms with Crippen LogP contribution in [0.15, 0.2) is 60.0 Å². The summed E-state index contributed by atoms with van der Waals surface area (Å²) in [5.41, 5.74) is 1.34. The third kappa shape index (κ3) is 4.78. The van der Waals surface area contributed by atoms with Gasteiger partial charge in [-0.25, -0.2) is 8.70 Å². The van der Waals surface area contributed by atoms with E-state index < -0.39 is 0 Å². The average molecular weight is 392 g/mol. The highest BCUT2D eigenvalue weighted by Gasteiger charge is 2.20. The van der Waals surface area contributed by atoms with E-state index in [-0.39, 0.29) is 11.7 Å². The van der Waals surface area contributed by atoms with Crippen LogP contribution in [0, 0.1) is 5.82 Å². The molecule has 0 bridgehead atoms. The van der Waals surface area contributed by atoms with Gasteiger partial charge in [0.15, 0.2) is 0 Å². The third-order valence-electron chi connectivity index (χ3n) is 4.03. The normalized spacial score (nSPS) is 14.9. The maximum Gasteiger partial charge on any atom is 0.247 e. The molecule has 2 aromatic rings. The van der Waals surface area contributed by atoms with Crippen LogP contribution in [-0.4, -0.2) is 36.4 Å². The topological polar surface area (TPSA) is 35.6 Å². The lowest BCUT2D eigenvalue weighted by atomic mass is 10.2. The van der Waals surface area contributed by atoms with E-state index in [0.29, 0.717) is 10.7 Å². The molecule has 4 nitrogen and oxygen atoms in total. The first-order chi connectivity index (χ1) is 12.5. The molecule has 1 saturated heterocycles. The van der Waals surface area contributed by atoms with Gasteiger partial charge in [-0.1, -0.05) is 18.2 Å². The van der Waals surface area contributed by atoms with Gasteiger partial charge in [0.1, 0.15) is 5.82 Å². The molecule has 1 heterocycles. The van der Waals surface area contributed by atoms with E-state index in [1.54, 1.807) is 24.1 Å². The van der Waals surface area contributed by atoms with Crippen LogP contribution in [0.3, 0.4) is 0 Å². The zero-order valence-corrected chi connectivity index (χ0v) is 15.7. The molecule has 7 heteroatoms. The summed E-state index contributed by atoms with van der Waals surface area (Å²) in [6.07, 6.45) is 1.24. The molecule has 0 radical (unpaired) electrons. The Labute approximate surface area is 161 Å². The number of nitrogens with zero attached hydrogens (tertiary/aromatic N) is 2. The number of amides is 1. The minimum Gasteiger partial charge on any atom is -0.367 e. The molecule has 0 aliphatic carbocycles. The van der Waals surface area contributed by atoms with E-state index in [0.717, 1.165) is 36.8 Å². The maximum atomic E-state index is 14.1. The summed E-state index contributed by atoms with van der Waals surface area (Å²) >= 11 is 7.48. The van der Waals surface area contributed by atoms with Gasteiger partial charge in [0.2, 0.25) is 5.91 Å². The lowest BCUT2D eigenvalue weighted by molar-refractivity contribution is -0.111. The molecule has 26 heavy (non-hydrogen) atoms. The number of halogens is 2. The number of anilines is 2. The number of carbonyl (C=O) groups excluding carboxylic acids is 1. The van der Waals surface area contributed by atoms with Gasteiger partial charge in [-0.3, -0.25) is 4.79 Å². The molecule has 1 fully saturated rings. The quantitative estimate of drug-likeness (QED) is 0.604. The summed E-state index contributed by atoms with van der Waals surface area (Å²) < 4.78 is 16.3. The van der Waals surface area contributed by atoms with Crippen molar-refractivity contribution in [3.8, 4) is 0 Å². The summed E-state index contributed by atoms with van der Waals surface area (Å²) in [5, 5.41) is 3.13. The van der Waals surface area contributed by atoms with Crippen LogP contribution in [0.1, 0.15) is 0 Å². The Balaban J connectivity index is 1.54. The van der Waals surface area contributed by atoms with E-state index in [2.05, 4.69) is 16.2 Å². The number of carbonyl (C=O) groups is 1. The number of nitrogens with one attached hydrogen (secondary N) is 1. The van der Waals surface area contributed by atoms with Crippen LogP contribution < -0.4 is 10.2 Å². The van der Waals surface area contributed by atoms with Crippen molar-refractivity contribution < 1.29 is 9.18 Å². The van der Waals surface area contributed by atoms with Gasteiger partial charge < -0.3 is 10.2 Å². The molecule has 0 atom stereocenters. The van der Waals surface area contributed by atoms with Gasteiger partial charge in [0.25, 0.3) is 0 Å². The number of benzene rings is 2. The van der Waals surface area contributed by atoms with Gasteiger partial charge in [-0.2, -0.15) is 0 Å². The Hall–Kier alpha value is -2.02. The first-order valence-electron chi connectivity index (χ1n) is 8.21. The summed E-state index contributed by atoms with van der Waals surface area (Å²) in [5.74, 6) is -0.508. The molecular weight excluding hydrogens is 373 g/mol. The Morgan fingerprint density at radius 3 is 2.46 bits per heavy atom. The molecule has 136 valence electrons. The molecule has 0 saturated carbocycles. The number of hydrogen-bond acceptors (Lipinski definition) is 4. The van der Waals surface area contributed by atoms with Crippen LogP contribution in [0.4, 0.5) is 15.8 Å². The molecule has 0 spiro atoms. The Bertz CT molecular complexity index is 792. The van der Waals surface area contributed by atoms with E-state index in [9.17, 15) is 9.18 Å². The minimum absolute atomic E-state index is 0.226. The number of rotatable bonds is 5.